The number of ether oxygens (including phenoxy) is 2. The first-order chi connectivity index (χ1) is 15.0. The molecule has 2 saturated carbocycles. The van der Waals surface area contributed by atoms with E-state index in [1.165, 1.54) is 25.0 Å². The molecule has 0 radical (unpaired) electrons. The quantitative estimate of drug-likeness (QED) is 0.158. The minimum atomic E-state index is -4.84. The number of carbonyl (C=O) groups excluding carboxylic acids is 2. The van der Waals surface area contributed by atoms with Gasteiger partial charge in [-0.25, -0.2) is 9.59 Å². The Bertz CT molecular complexity index is 754. The van der Waals surface area contributed by atoms with E-state index in [1.807, 2.05) is 0 Å². The van der Waals surface area contributed by atoms with Crippen LogP contribution in [-0.4, -0.2) is 64.5 Å². The standard InChI is InChI=1S/C16H24O4.C4H6O7S.K.H/c17-15(19-13-7-3-1-4-8-13)11-12-16(18)20-14-9-5-2-6-10-14;5-3(6)1-2(4(7)8)12(9,10)11;;/h11-14H,1-10H2;2H,1H2,(H,5,6)(H,7,8)(H,9,10,11);;/q;;+1;-1/b12-11-;;;. The second-order valence-corrected chi connectivity index (χ2v) is 9.27. The Labute approximate surface area is 236 Å². The van der Waals surface area contributed by atoms with Crippen molar-refractivity contribution in [1.29, 1.82) is 0 Å². The van der Waals surface area contributed by atoms with Gasteiger partial charge in [0.1, 0.15) is 12.2 Å². The summed E-state index contributed by atoms with van der Waals surface area (Å²) in [7, 11) is -4.84. The van der Waals surface area contributed by atoms with Gasteiger partial charge in [-0.15, -0.1) is 0 Å². The summed E-state index contributed by atoms with van der Waals surface area (Å²) >= 11 is 0. The van der Waals surface area contributed by atoms with Crippen LogP contribution in [0.4, 0.5) is 0 Å². The Morgan fingerprint density at radius 2 is 1.18 bits per heavy atom. The number of hydrogen-bond acceptors (Lipinski definition) is 8. The monoisotopic (exact) mass is 518 g/mol. The Balaban J connectivity index is 0. The average Bonchev–Trinajstić information content (AvgIpc) is 2.71. The molecule has 1 unspecified atom stereocenters. The maximum atomic E-state index is 11.6. The second-order valence-electron chi connectivity index (χ2n) is 7.67. The van der Waals surface area contributed by atoms with Crippen LogP contribution >= 0.6 is 0 Å². The molecule has 0 bridgehead atoms. The molecule has 2 aliphatic rings. The van der Waals surface area contributed by atoms with Gasteiger partial charge < -0.3 is 21.1 Å². The number of esters is 2. The van der Waals surface area contributed by atoms with Crippen LogP contribution in [0.2, 0.25) is 0 Å². The van der Waals surface area contributed by atoms with E-state index in [9.17, 15) is 27.6 Å². The van der Waals surface area contributed by atoms with E-state index in [1.54, 1.807) is 0 Å². The van der Waals surface area contributed by atoms with Gasteiger partial charge in [0.15, 0.2) is 5.25 Å². The molecular weight excluding hydrogens is 487 g/mol. The number of carboxylic acid groups (broad SMARTS) is 2. The van der Waals surface area contributed by atoms with E-state index >= 15 is 0 Å². The number of rotatable bonds is 8. The topological polar surface area (TPSA) is 182 Å². The van der Waals surface area contributed by atoms with Gasteiger partial charge in [0.25, 0.3) is 10.1 Å². The maximum absolute atomic E-state index is 11.6. The molecule has 0 aliphatic heterocycles. The van der Waals surface area contributed by atoms with Gasteiger partial charge in [-0.05, 0) is 51.4 Å². The van der Waals surface area contributed by atoms with Gasteiger partial charge in [0.2, 0.25) is 0 Å². The van der Waals surface area contributed by atoms with Crippen LogP contribution in [0.5, 0.6) is 0 Å². The zero-order valence-corrected chi connectivity index (χ0v) is 22.6. The van der Waals surface area contributed by atoms with Crippen molar-refractivity contribution in [2.45, 2.75) is 88.1 Å². The predicted octanol–water partition coefficient (Wildman–Crippen LogP) is -0.787. The normalized spacial score (nSPS) is 18.2. The fourth-order valence-electron chi connectivity index (χ4n) is 3.39. The predicted molar refractivity (Wildman–Crippen MR) is 111 cm³/mol. The summed E-state index contributed by atoms with van der Waals surface area (Å²) in [4.78, 5) is 43.2. The summed E-state index contributed by atoms with van der Waals surface area (Å²) in [5.41, 5.74) is 0. The molecule has 0 saturated heterocycles. The molecule has 13 heteroatoms. The second kappa shape index (κ2) is 16.7. The Kier molecular flexibility index (Phi) is 16.3. The third kappa shape index (κ3) is 14.9. The smallest absolute Gasteiger partial charge is 1.00 e. The van der Waals surface area contributed by atoms with Crippen LogP contribution in [0.15, 0.2) is 12.2 Å². The van der Waals surface area contributed by atoms with Crippen molar-refractivity contribution in [2.75, 3.05) is 0 Å². The number of carbonyl (C=O) groups is 4. The largest absolute Gasteiger partial charge is 1.00 e. The summed E-state index contributed by atoms with van der Waals surface area (Å²) in [5, 5.41) is 13.9. The number of aliphatic carboxylic acids is 2. The molecule has 0 aromatic rings. The average molecular weight is 519 g/mol. The summed E-state index contributed by atoms with van der Waals surface area (Å²) in [6, 6.07) is 0. The van der Waals surface area contributed by atoms with Crippen LogP contribution in [0.1, 0.15) is 72.1 Å². The molecule has 0 amide bonds. The van der Waals surface area contributed by atoms with Crippen molar-refractivity contribution in [3.05, 3.63) is 12.2 Å². The SMILES string of the molecule is O=C(/C=C\C(=O)OC1CCCCC1)OC1CCCCC1.O=C(O)CC(C(=O)O)S(=O)(=O)O.[H-].[K+]. The van der Waals surface area contributed by atoms with Crippen molar-refractivity contribution in [3.63, 3.8) is 0 Å². The molecule has 0 heterocycles. The Morgan fingerprint density at radius 1 is 0.818 bits per heavy atom. The molecule has 2 fully saturated rings. The van der Waals surface area contributed by atoms with E-state index < -0.39 is 45.7 Å². The van der Waals surface area contributed by atoms with Crippen LogP contribution in [0.3, 0.4) is 0 Å². The van der Waals surface area contributed by atoms with Crippen molar-refractivity contribution < 1.29 is 105 Å². The molecule has 11 nitrogen and oxygen atoms in total. The molecule has 0 aromatic heterocycles. The van der Waals surface area contributed by atoms with Gasteiger partial charge in [-0.1, -0.05) is 12.8 Å². The van der Waals surface area contributed by atoms with Gasteiger partial charge >= 0.3 is 75.3 Å². The molecule has 33 heavy (non-hydrogen) atoms. The zero-order valence-electron chi connectivity index (χ0n) is 19.7. The van der Waals surface area contributed by atoms with Gasteiger partial charge in [0, 0.05) is 12.2 Å². The van der Waals surface area contributed by atoms with E-state index in [0.29, 0.717) is 0 Å². The third-order valence-electron chi connectivity index (χ3n) is 5.02. The van der Waals surface area contributed by atoms with Crippen molar-refractivity contribution >= 4 is 34.0 Å². The summed E-state index contributed by atoms with van der Waals surface area (Å²) in [5.74, 6) is -4.37. The Morgan fingerprint density at radius 3 is 1.42 bits per heavy atom. The number of hydrogen-bond donors (Lipinski definition) is 3. The molecule has 2 aliphatic carbocycles. The van der Waals surface area contributed by atoms with Crippen molar-refractivity contribution in [1.82, 2.24) is 0 Å². The molecule has 0 spiro atoms. The van der Waals surface area contributed by atoms with Crippen molar-refractivity contribution in [2.24, 2.45) is 0 Å². The van der Waals surface area contributed by atoms with E-state index in [2.05, 4.69) is 0 Å². The summed E-state index contributed by atoms with van der Waals surface area (Å²) in [6.07, 6.45) is 11.9. The molecule has 3 N–H and O–H groups in total. The molecule has 184 valence electrons. The molecule has 1 atom stereocenters. The first-order valence-electron chi connectivity index (χ1n) is 10.5. The summed E-state index contributed by atoms with van der Waals surface area (Å²) in [6.45, 7) is 0. The Hall–Kier alpha value is -0.834. The van der Waals surface area contributed by atoms with E-state index in [4.69, 9.17) is 24.2 Å². The van der Waals surface area contributed by atoms with Gasteiger partial charge in [-0.2, -0.15) is 8.42 Å². The minimum absolute atomic E-state index is 0. The fourth-order valence-corrected chi connectivity index (χ4v) is 4.00. The van der Waals surface area contributed by atoms with Crippen LogP contribution < -0.4 is 51.4 Å². The third-order valence-corrected chi connectivity index (χ3v) is 6.11. The van der Waals surface area contributed by atoms with Gasteiger partial charge in [0.05, 0.1) is 6.42 Å². The van der Waals surface area contributed by atoms with Crippen LogP contribution in [-0.2, 0) is 38.8 Å². The molecular formula is C20H31KO11S. The zero-order chi connectivity index (χ0) is 24.1. The van der Waals surface area contributed by atoms with Crippen LogP contribution in [0, 0.1) is 0 Å². The van der Waals surface area contributed by atoms with Crippen molar-refractivity contribution in [3.8, 4) is 0 Å². The maximum Gasteiger partial charge on any atom is 1.00 e. The molecule has 2 rings (SSSR count). The van der Waals surface area contributed by atoms with E-state index in [-0.39, 0.29) is 65.0 Å². The van der Waals surface area contributed by atoms with Crippen LogP contribution in [0.25, 0.3) is 0 Å². The molecule has 0 aromatic carbocycles. The fraction of sp³-hybridized carbons (Fsp3) is 0.700. The van der Waals surface area contributed by atoms with Gasteiger partial charge in [-0.3, -0.25) is 14.1 Å². The first kappa shape index (κ1) is 32.2. The minimum Gasteiger partial charge on any atom is -1.00 e. The summed E-state index contributed by atoms with van der Waals surface area (Å²) < 4.78 is 39.3. The van der Waals surface area contributed by atoms with E-state index in [0.717, 1.165) is 51.4 Å². The number of carboxylic acids is 2. The first-order valence-corrected chi connectivity index (χ1v) is 12.0.